The summed E-state index contributed by atoms with van der Waals surface area (Å²) in [5.41, 5.74) is 0. The van der Waals surface area contributed by atoms with Crippen molar-refractivity contribution in [1.82, 2.24) is 9.88 Å². The van der Waals surface area contributed by atoms with Gasteiger partial charge in [-0.2, -0.15) is 0 Å². The normalized spacial score (nSPS) is 23.2. The lowest BCUT2D eigenvalue weighted by atomic mass is 10.0. The zero-order valence-corrected chi connectivity index (χ0v) is 9.15. The van der Waals surface area contributed by atoms with Crippen molar-refractivity contribution in [3.8, 4) is 0 Å². The minimum atomic E-state index is 0.120. The number of likely N-dealkylation sites (tertiary alicyclic amines) is 1. The van der Waals surface area contributed by atoms with Crippen molar-refractivity contribution in [3.63, 3.8) is 0 Å². The van der Waals surface area contributed by atoms with Crippen LogP contribution in [0.1, 0.15) is 37.0 Å². The lowest BCUT2D eigenvalue weighted by Gasteiger charge is -2.29. The molecule has 1 aromatic heterocycles. The SMILES string of the molecule is CN1CCCCC1c1ncc(CCO)o1. The Hall–Kier alpha value is -0.870. The monoisotopic (exact) mass is 210 g/mol. The van der Waals surface area contributed by atoms with Crippen molar-refractivity contribution in [2.45, 2.75) is 31.7 Å². The van der Waals surface area contributed by atoms with Gasteiger partial charge in [0.05, 0.1) is 18.8 Å². The molecule has 1 aliphatic rings. The number of oxazole rings is 1. The number of nitrogens with zero attached hydrogens (tertiary/aromatic N) is 2. The second-order valence-electron chi connectivity index (χ2n) is 4.13. The van der Waals surface area contributed by atoms with Crippen LogP contribution >= 0.6 is 0 Å². The number of aliphatic hydroxyl groups is 1. The highest BCUT2D eigenvalue weighted by molar-refractivity contribution is 4.99. The third-order valence-electron chi connectivity index (χ3n) is 2.99. The molecule has 1 fully saturated rings. The number of hydrogen-bond acceptors (Lipinski definition) is 4. The predicted molar refractivity (Wildman–Crippen MR) is 56.5 cm³/mol. The summed E-state index contributed by atoms with van der Waals surface area (Å²) in [6, 6.07) is 0.325. The lowest BCUT2D eigenvalue weighted by Crippen LogP contribution is -2.29. The van der Waals surface area contributed by atoms with Gasteiger partial charge in [-0.15, -0.1) is 0 Å². The number of piperidine rings is 1. The molecule has 0 aromatic carbocycles. The first-order valence-corrected chi connectivity index (χ1v) is 5.57. The molecule has 1 N–H and O–H groups in total. The average molecular weight is 210 g/mol. The quantitative estimate of drug-likeness (QED) is 0.818. The summed E-state index contributed by atoms with van der Waals surface area (Å²) >= 11 is 0. The molecule has 1 aliphatic heterocycles. The van der Waals surface area contributed by atoms with Crippen LogP contribution in [0.15, 0.2) is 10.6 Å². The third kappa shape index (κ3) is 2.38. The molecule has 2 rings (SSSR count). The van der Waals surface area contributed by atoms with E-state index in [4.69, 9.17) is 9.52 Å². The fourth-order valence-electron chi connectivity index (χ4n) is 2.09. The van der Waals surface area contributed by atoms with Crippen molar-refractivity contribution in [1.29, 1.82) is 0 Å². The van der Waals surface area contributed by atoms with E-state index in [1.165, 1.54) is 12.8 Å². The Labute approximate surface area is 89.9 Å². The lowest BCUT2D eigenvalue weighted by molar-refractivity contribution is 0.156. The van der Waals surface area contributed by atoms with Gasteiger partial charge in [0.2, 0.25) is 5.89 Å². The van der Waals surface area contributed by atoms with Crippen LogP contribution in [0, 0.1) is 0 Å². The van der Waals surface area contributed by atoms with E-state index in [9.17, 15) is 0 Å². The van der Waals surface area contributed by atoms with E-state index in [0.717, 1.165) is 24.6 Å². The molecular formula is C11H18N2O2. The van der Waals surface area contributed by atoms with Gasteiger partial charge in [0.1, 0.15) is 5.76 Å². The Morgan fingerprint density at radius 3 is 3.20 bits per heavy atom. The minimum Gasteiger partial charge on any atom is -0.444 e. The van der Waals surface area contributed by atoms with Crippen LogP contribution in [0.3, 0.4) is 0 Å². The summed E-state index contributed by atoms with van der Waals surface area (Å²) < 4.78 is 5.62. The Kier molecular flexibility index (Phi) is 3.38. The molecule has 1 saturated heterocycles. The molecule has 0 spiro atoms. The van der Waals surface area contributed by atoms with Crippen LogP contribution in [-0.4, -0.2) is 35.2 Å². The number of aromatic nitrogens is 1. The summed E-state index contributed by atoms with van der Waals surface area (Å²) in [4.78, 5) is 6.58. The third-order valence-corrected chi connectivity index (χ3v) is 2.99. The summed E-state index contributed by atoms with van der Waals surface area (Å²) in [6.45, 7) is 1.23. The molecule has 15 heavy (non-hydrogen) atoms. The summed E-state index contributed by atoms with van der Waals surface area (Å²) in [7, 11) is 2.11. The zero-order chi connectivity index (χ0) is 10.7. The predicted octanol–water partition coefficient (Wildman–Crippen LogP) is 1.37. The molecule has 0 amide bonds. The van der Waals surface area contributed by atoms with Gasteiger partial charge in [0, 0.05) is 6.42 Å². The highest BCUT2D eigenvalue weighted by atomic mass is 16.4. The average Bonchev–Trinajstić information content (AvgIpc) is 2.68. The van der Waals surface area contributed by atoms with Gasteiger partial charge < -0.3 is 9.52 Å². The molecule has 4 nitrogen and oxygen atoms in total. The standard InChI is InChI=1S/C11H18N2O2/c1-13-6-3-2-4-10(13)11-12-8-9(15-11)5-7-14/h8,10,14H,2-7H2,1H3. The maximum atomic E-state index is 8.79. The Morgan fingerprint density at radius 2 is 2.47 bits per heavy atom. The van der Waals surface area contributed by atoms with Gasteiger partial charge >= 0.3 is 0 Å². The van der Waals surface area contributed by atoms with E-state index in [1.807, 2.05) is 0 Å². The Bertz CT molecular complexity index is 311. The first kappa shape index (κ1) is 10.6. The van der Waals surface area contributed by atoms with Crippen LogP contribution < -0.4 is 0 Å². The van der Waals surface area contributed by atoms with Crippen molar-refractivity contribution < 1.29 is 9.52 Å². The Balaban J connectivity index is 2.06. The van der Waals surface area contributed by atoms with Gasteiger partial charge in [-0.05, 0) is 26.4 Å². The minimum absolute atomic E-state index is 0.120. The maximum absolute atomic E-state index is 8.79. The largest absolute Gasteiger partial charge is 0.444 e. The van der Waals surface area contributed by atoms with Gasteiger partial charge in [0.15, 0.2) is 0 Å². The van der Waals surface area contributed by atoms with E-state index in [1.54, 1.807) is 6.20 Å². The fraction of sp³-hybridized carbons (Fsp3) is 0.727. The molecule has 4 heteroatoms. The van der Waals surface area contributed by atoms with Crippen molar-refractivity contribution in [2.75, 3.05) is 20.2 Å². The molecule has 0 aliphatic carbocycles. The number of aliphatic hydroxyl groups excluding tert-OH is 1. The fourth-order valence-corrected chi connectivity index (χ4v) is 2.09. The van der Waals surface area contributed by atoms with Gasteiger partial charge in [0.25, 0.3) is 0 Å². The van der Waals surface area contributed by atoms with E-state index >= 15 is 0 Å². The highest BCUT2D eigenvalue weighted by Gasteiger charge is 2.24. The van der Waals surface area contributed by atoms with Gasteiger partial charge in [-0.1, -0.05) is 6.42 Å². The first-order chi connectivity index (χ1) is 7.31. The van der Waals surface area contributed by atoms with E-state index in [-0.39, 0.29) is 6.61 Å². The second kappa shape index (κ2) is 4.77. The summed E-state index contributed by atoms with van der Waals surface area (Å²) in [5, 5.41) is 8.79. The first-order valence-electron chi connectivity index (χ1n) is 5.57. The van der Waals surface area contributed by atoms with E-state index in [2.05, 4.69) is 16.9 Å². The molecule has 84 valence electrons. The molecule has 2 heterocycles. The molecule has 0 radical (unpaired) electrons. The molecule has 0 saturated carbocycles. The molecular weight excluding hydrogens is 192 g/mol. The number of hydrogen-bond donors (Lipinski definition) is 1. The maximum Gasteiger partial charge on any atom is 0.211 e. The molecule has 1 aromatic rings. The molecule has 0 bridgehead atoms. The summed E-state index contributed by atoms with van der Waals surface area (Å²) in [6.07, 6.45) is 5.91. The highest BCUT2D eigenvalue weighted by Crippen LogP contribution is 2.28. The van der Waals surface area contributed by atoms with Crippen LogP contribution in [0.25, 0.3) is 0 Å². The molecule has 1 atom stereocenters. The Morgan fingerprint density at radius 1 is 1.60 bits per heavy atom. The van der Waals surface area contributed by atoms with Gasteiger partial charge in [-0.25, -0.2) is 4.98 Å². The van der Waals surface area contributed by atoms with Crippen LogP contribution in [0.5, 0.6) is 0 Å². The van der Waals surface area contributed by atoms with Crippen molar-refractivity contribution in [2.24, 2.45) is 0 Å². The topological polar surface area (TPSA) is 49.5 Å². The second-order valence-corrected chi connectivity index (χ2v) is 4.13. The van der Waals surface area contributed by atoms with E-state index in [0.29, 0.717) is 12.5 Å². The van der Waals surface area contributed by atoms with Crippen LogP contribution in [0.4, 0.5) is 0 Å². The number of rotatable bonds is 3. The van der Waals surface area contributed by atoms with Crippen molar-refractivity contribution in [3.05, 3.63) is 17.8 Å². The zero-order valence-electron chi connectivity index (χ0n) is 9.15. The van der Waals surface area contributed by atoms with Crippen molar-refractivity contribution >= 4 is 0 Å². The van der Waals surface area contributed by atoms with E-state index < -0.39 is 0 Å². The molecule has 1 unspecified atom stereocenters. The summed E-state index contributed by atoms with van der Waals surface area (Å²) in [5.74, 6) is 1.59. The van der Waals surface area contributed by atoms with Crippen LogP contribution in [0.2, 0.25) is 0 Å². The smallest absolute Gasteiger partial charge is 0.211 e. The van der Waals surface area contributed by atoms with Crippen LogP contribution in [-0.2, 0) is 6.42 Å². The van der Waals surface area contributed by atoms with Gasteiger partial charge in [-0.3, -0.25) is 4.90 Å².